The van der Waals surface area contributed by atoms with Gasteiger partial charge in [0, 0.05) is 0 Å². The van der Waals surface area contributed by atoms with Crippen molar-refractivity contribution in [3.8, 4) is 0 Å². The molecule has 31 heavy (non-hydrogen) atoms. The average Bonchev–Trinajstić information content (AvgIpc) is 3.37. The summed E-state index contributed by atoms with van der Waals surface area (Å²) in [4.78, 5) is 27.4. The number of hydrogen-bond donors (Lipinski definition) is 1. The summed E-state index contributed by atoms with van der Waals surface area (Å²) in [5.74, 6) is -1.22. The van der Waals surface area contributed by atoms with Crippen molar-refractivity contribution in [3.63, 3.8) is 0 Å². The van der Waals surface area contributed by atoms with Gasteiger partial charge in [0.05, 0.1) is 34.5 Å². The molecule has 4 rings (SSSR count). The molecule has 1 N–H and O–H groups in total. The minimum atomic E-state index is -0.847. The number of furan rings is 1. The van der Waals surface area contributed by atoms with Crippen molar-refractivity contribution in [2.75, 3.05) is 0 Å². The van der Waals surface area contributed by atoms with Gasteiger partial charge in [0.1, 0.15) is 5.76 Å². The second kappa shape index (κ2) is 8.84. The third-order valence-corrected chi connectivity index (χ3v) is 5.70. The van der Waals surface area contributed by atoms with Gasteiger partial charge in [0.25, 0.3) is 5.91 Å². The highest BCUT2D eigenvalue weighted by molar-refractivity contribution is 6.42. The van der Waals surface area contributed by atoms with Gasteiger partial charge in [0.2, 0.25) is 0 Å². The SMILES string of the molecule is O=C(C=Cc1ccccc1)C1=C(O)C(=O)N(Cc2ccco2)C1c1ccc(Cl)c(Cl)c1. The first kappa shape index (κ1) is 21.0. The van der Waals surface area contributed by atoms with Gasteiger partial charge in [-0.25, -0.2) is 0 Å². The summed E-state index contributed by atoms with van der Waals surface area (Å²) < 4.78 is 5.37. The van der Waals surface area contributed by atoms with E-state index in [1.165, 1.54) is 17.2 Å². The molecule has 156 valence electrons. The third-order valence-electron chi connectivity index (χ3n) is 4.96. The first-order valence-corrected chi connectivity index (χ1v) is 10.2. The van der Waals surface area contributed by atoms with Crippen molar-refractivity contribution in [1.82, 2.24) is 4.90 Å². The zero-order valence-corrected chi connectivity index (χ0v) is 17.7. The topological polar surface area (TPSA) is 70.8 Å². The normalized spacial score (nSPS) is 16.5. The van der Waals surface area contributed by atoms with Crippen LogP contribution in [0.2, 0.25) is 10.0 Å². The number of halogens is 2. The summed E-state index contributed by atoms with van der Waals surface area (Å²) in [6, 6.07) is 16.7. The number of rotatable bonds is 6. The summed E-state index contributed by atoms with van der Waals surface area (Å²) in [6.07, 6.45) is 4.47. The van der Waals surface area contributed by atoms with Gasteiger partial charge in [-0.3, -0.25) is 9.59 Å². The van der Waals surface area contributed by atoms with Crippen LogP contribution in [-0.4, -0.2) is 21.7 Å². The van der Waals surface area contributed by atoms with Crippen molar-refractivity contribution >= 4 is 41.0 Å². The maximum Gasteiger partial charge on any atom is 0.290 e. The molecule has 0 spiro atoms. The molecule has 7 heteroatoms. The number of allylic oxidation sites excluding steroid dienone is 1. The van der Waals surface area contributed by atoms with Gasteiger partial charge in [0.15, 0.2) is 11.5 Å². The van der Waals surface area contributed by atoms with Gasteiger partial charge < -0.3 is 14.4 Å². The largest absolute Gasteiger partial charge is 0.503 e. The number of benzene rings is 2. The van der Waals surface area contributed by atoms with Crippen LogP contribution in [0.25, 0.3) is 6.08 Å². The molecule has 1 atom stereocenters. The number of carbonyl (C=O) groups excluding carboxylic acids is 2. The number of aliphatic hydroxyl groups excluding tert-OH is 1. The maximum absolute atomic E-state index is 13.1. The Morgan fingerprint density at radius 1 is 1.06 bits per heavy atom. The lowest BCUT2D eigenvalue weighted by atomic mass is 9.95. The molecule has 1 amide bonds. The molecule has 0 aliphatic carbocycles. The molecular formula is C24H17Cl2NO4. The first-order valence-electron chi connectivity index (χ1n) is 9.44. The van der Waals surface area contributed by atoms with E-state index in [-0.39, 0.29) is 17.1 Å². The lowest BCUT2D eigenvalue weighted by Crippen LogP contribution is -2.30. The van der Waals surface area contributed by atoms with Gasteiger partial charge in [-0.1, -0.05) is 65.7 Å². The molecule has 1 unspecified atom stereocenters. The van der Waals surface area contributed by atoms with E-state index in [9.17, 15) is 14.7 Å². The fourth-order valence-electron chi connectivity index (χ4n) is 3.49. The van der Waals surface area contributed by atoms with E-state index in [1.54, 1.807) is 36.4 Å². The van der Waals surface area contributed by atoms with Crippen molar-refractivity contribution in [3.05, 3.63) is 111 Å². The Balaban J connectivity index is 1.74. The van der Waals surface area contributed by atoms with E-state index in [4.69, 9.17) is 27.6 Å². The molecule has 0 radical (unpaired) electrons. The smallest absolute Gasteiger partial charge is 0.290 e. The lowest BCUT2D eigenvalue weighted by molar-refractivity contribution is -0.130. The Hall–Kier alpha value is -3.28. The second-order valence-corrected chi connectivity index (χ2v) is 7.77. The highest BCUT2D eigenvalue weighted by Gasteiger charge is 2.43. The summed E-state index contributed by atoms with van der Waals surface area (Å²) in [6.45, 7) is 0.0694. The monoisotopic (exact) mass is 453 g/mol. The van der Waals surface area contributed by atoms with Crippen LogP contribution in [0.5, 0.6) is 0 Å². The average molecular weight is 454 g/mol. The summed E-state index contributed by atoms with van der Waals surface area (Å²) in [5.41, 5.74) is 1.34. The van der Waals surface area contributed by atoms with E-state index in [0.29, 0.717) is 16.3 Å². The molecule has 0 bridgehead atoms. The molecule has 2 heterocycles. The van der Waals surface area contributed by atoms with E-state index in [1.807, 2.05) is 30.3 Å². The van der Waals surface area contributed by atoms with E-state index >= 15 is 0 Å². The minimum Gasteiger partial charge on any atom is -0.503 e. The minimum absolute atomic E-state index is 0.0258. The maximum atomic E-state index is 13.1. The Bertz CT molecular complexity index is 1180. The van der Waals surface area contributed by atoms with Crippen LogP contribution in [0.3, 0.4) is 0 Å². The molecule has 1 aliphatic heterocycles. The highest BCUT2D eigenvalue weighted by Crippen LogP contribution is 2.40. The van der Waals surface area contributed by atoms with Crippen molar-refractivity contribution in [1.29, 1.82) is 0 Å². The fourth-order valence-corrected chi connectivity index (χ4v) is 3.80. The number of amides is 1. The number of ketones is 1. The number of hydrogen-bond acceptors (Lipinski definition) is 4. The molecular weight excluding hydrogens is 437 g/mol. The molecule has 0 saturated carbocycles. The molecule has 1 aliphatic rings. The van der Waals surface area contributed by atoms with Gasteiger partial charge in [-0.05, 0) is 41.5 Å². The van der Waals surface area contributed by atoms with Gasteiger partial charge in [-0.2, -0.15) is 0 Å². The predicted octanol–water partition coefficient (Wildman–Crippen LogP) is 5.76. The third kappa shape index (κ3) is 4.29. The highest BCUT2D eigenvalue weighted by atomic mass is 35.5. The van der Waals surface area contributed by atoms with E-state index in [0.717, 1.165) is 5.56 Å². The van der Waals surface area contributed by atoms with Crippen LogP contribution in [-0.2, 0) is 16.1 Å². The Kier molecular flexibility index (Phi) is 5.98. The fraction of sp³-hybridized carbons (Fsp3) is 0.0833. The number of aliphatic hydroxyl groups is 1. The Morgan fingerprint density at radius 2 is 1.84 bits per heavy atom. The van der Waals surface area contributed by atoms with Crippen LogP contribution >= 0.6 is 23.2 Å². The predicted molar refractivity (Wildman–Crippen MR) is 119 cm³/mol. The molecule has 3 aromatic rings. The summed E-state index contributed by atoms with van der Waals surface area (Å²) >= 11 is 12.2. The van der Waals surface area contributed by atoms with Crippen LogP contribution in [0, 0.1) is 0 Å². The second-order valence-electron chi connectivity index (χ2n) is 6.96. The molecule has 1 aromatic heterocycles. The van der Waals surface area contributed by atoms with Gasteiger partial charge in [-0.15, -0.1) is 0 Å². The van der Waals surface area contributed by atoms with E-state index < -0.39 is 23.5 Å². The Morgan fingerprint density at radius 3 is 2.52 bits per heavy atom. The summed E-state index contributed by atoms with van der Waals surface area (Å²) in [5, 5.41) is 11.2. The molecule has 2 aromatic carbocycles. The lowest BCUT2D eigenvalue weighted by Gasteiger charge is -2.26. The number of nitrogens with zero attached hydrogens (tertiary/aromatic N) is 1. The van der Waals surface area contributed by atoms with Crippen LogP contribution < -0.4 is 0 Å². The quantitative estimate of drug-likeness (QED) is 0.481. The first-order chi connectivity index (χ1) is 15.0. The van der Waals surface area contributed by atoms with Crippen LogP contribution in [0.15, 0.2) is 88.8 Å². The standard InChI is InChI=1S/C24H17Cl2NO4/c25-18-10-9-16(13-19(18)26)22-21(20(28)11-8-15-5-2-1-3-6-15)23(29)24(30)27(22)14-17-7-4-12-31-17/h1-13,22,29H,14H2. The van der Waals surface area contributed by atoms with Crippen molar-refractivity contribution in [2.24, 2.45) is 0 Å². The van der Waals surface area contributed by atoms with Crippen molar-refractivity contribution < 1.29 is 19.1 Å². The van der Waals surface area contributed by atoms with Crippen molar-refractivity contribution in [2.45, 2.75) is 12.6 Å². The Labute approximate surface area is 188 Å². The van der Waals surface area contributed by atoms with Crippen LogP contribution in [0.1, 0.15) is 22.9 Å². The van der Waals surface area contributed by atoms with Crippen LogP contribution in [0.4, 0.5) is 0 Å². The van der Waals surface area contributed by atoms with Gasteiger partial charge >= 0.3 is 0 Å². The molecule has 0 saturated heterocycles. The molecule has 5 nitrogen and oxygen atoms in total. The summed E-state index contributed by atoms with van der Waals surface area (Å²) in [7, 11) is 0. The van der Waals surface area contributed by atoms with E-state index in [2.05, 4.69) is 0 Å². The number of carbonyl (C=O) groups is 2. The zero-order chi connectivity index (χ0) is 22.0. The zero-order valence-electron chi connectivity index (χ0n) is 16.2. The molecule has 0 fully saturated rings.